The third-order valence-electron chi connectivity index (χ3n) is 3.46. The SMILES string of the molecule is Clc1ccc2c(c1)CC[C@@]21COCCN1. The lowest BCUT2D eigenvalue weighted by molar-refractivity contribution is 0.0260. The Morgan fingerprint density at radius 3 is 3.13 bits per heavy atom. The van der Waals surface area contributed by atoms with Crippen LogP contribution in [0.1, 0.15) is 17.5 Å². The number of hydrogen-bond acceptors (Lipinski definition) is 2. The average molecular weight is 224 g/mol. The van der Waals surface area contributed by atoms with Crippen LogP contribution in [0, 0.1) is 0 Å². The van der Waals surface area contributed by atoms with E-state index in [1.807, 2.05) is 6.07 Å². The van der Waals surface area contributed by atoms with Gasteiger partial charge >= 0.3 is 0 Å². The molecule has 1 aromatic carbocycles. The van der Waals surface area contributed by atoms with Gasteiger partial charge in [-0.3, -0.25) is 0 Å². The molecule has 80 valence electrons. The molecule has 2 nitrogen and oxygen atoms in total. The number of benzene rings is 1. The van der Waals surface area contributed by atoms with Gasteiger partial charge in [0.15, 0.2) is 0 Å². The van der Waals surface area contributed by atoms with Gasteiger partial charge in [0.2, 0.25) is 0 Å². The van der Waals surface area contributed by atoms with Crippen LogP contribution in [-0.2, 0) is 16.7 Å². The third kappa shape index (κ3) is 1.48. The van der Waals surface area contributed by atoms with Crippen LogP contribution in [0.25, 0.3) is 0 Å². The molecule has 0 amide bonds. The van der Waals surface area contributed by atoms with Gasteiger partial charge in [0.25, 0.3) is 0 Å². The Balaban J connectivity index is 2.03. The minimum Gasteiger partial charge on any atom is -0.378 e. The van der Waals surface area contributed by atoms with Gasteiger partial charge in [-0.2, -0.15) is 0 Å². The van der Waals surface area contributed by atoms with Gasteiger partial charge in [0.1, 0.15) is 0 Å². The lowest BCUT2D eigenvalue weighted by Crippen LogP contribution is -2.50. The number of aryl methyl sites for hydroxylation is 1. The van der Waals surface area contributed by atoms with E-state index in [1.165, 1.54) is 11.1 Å². The summed E-state index contributed by atoms with van der Waals surface area (Å²) in [5, 5.41) is 4.44. The second kappa shape index (κ2) is 3.48. The molecule has 1 heterocycles. The van der Waals surface area contributed by atoms with E-state index in [9.17, 15) is 0 Å². The van der Waals surface area contributed by atoms with E-state index < -0.39 is 0 Å². The van der Waals surface area contributed by atoms with Gasteiger partial charge in [0, 0.05) is 11.6 Å². The van der Waals surface area contributed by atoms with Crippen molar-refractivity contribution in [3.05, 3.63) is 34.3 Å². The molecule has 0 saturated carbocycles. The molecule has 1 aliphatic carbocycles. The number of halogens is 1. The van der Waals surface area contributed by atoms with E-state index in [4.69, 9.17) is 16.3 Å². The molecular weight excluding hydrogens is 210 g/mol. The summed E-state index contributed by atoms with van der Waals surface area (Å²) in [7, 11) is 0. The van der Waals surface area contributed by atoms with E-state index in [0.29, 0.717) is 0 Å². The standard InChI is InChI=1S/C12H14ClNO/c13-10-1-2-11-9(7-10)3-4-12(11)8-15-6-5-14-12/h1-2,7,14H,3-6,8H2/t12-/m1/s1. The predicted molar refractivity (Wildman–Crippen MR) is 60.3 cm³/mol. The molecule has 1 saturated heterocycles. The third-order valence-corrected chi connectivity index (χ3v) is 3.70. The quantitative estimate of drug-likeness (QED) is 0.728. The topological polar surface area (TPSA) is 21.3 Å². The Morgan fingerprint density at radius 1 is 1.40 bits per heavy atom. The van der Waals surface area contributed by atoms with Crippen LogP contribution in [0.4, 0.5) is 0 Å². The van der Waals surface area contributed by atoms with E-state index in [-0.39, 0.29) is 5.54 Å². The van der Waals surface area contributed by atoms with Crippen molar-refractivity contribution in [2.75, 3.05) is 19.8 Å². The molecule has 15 heavy (non-hydrogen) atoms. The summed E-state index contributed by atoms with van der Waals surface area (Å²) >= 11 is 6.00. The van der Waals surface area contributed by atoms with Crippen molar-refractivity contribution >= 4 is 11.6 Å². The first-order chi connectivity index (χ1) is 7.30. The Kier molecular flexibility index (Phi) is 2.23. The first-order valence-electron chi connectivity index (χ1n) is 5.42. The fourth-order valence-corrected chi connectivity index (χ4v) is 2.91. The number of fused-ring (bicyclic) bond motifs is 2. The Hall–Kier alpha value is -0.570. The number of morpholine rings is 1. The molecule has 1 atom stereocenters. The molecule has 1 aromatic rings. The van der Waals surface area contributed by atoms with Crippen LogP contribution in [0.3, 0.4) is 0 Å². The van der Waals surface area contributed by atoms with Crippen LogP contribution in [0.5, 0.6) is 0 Å². The van der Waals surface area contributed by atoms with Crippen molar-refractivity contribution in [1.82, 2.24) is 5.32 Å². The zero-order chi connectivity index (χ0) is 10.3. The molecule has 0 unspecified atom stereocenters. The first-order valence-corrected chi connectivity index (χ1v) is 5.80. The highest BCUT2D eigenvalue weighted by atomic mass is 35.5. The summed E-state index contributed by atoms with van der Waals surface area (Å²) in [6.45, 7) is 2.56. The zero-order valence-corrected chi connectivity index (χ0v) is 9.31. The maximum atomic E-state index is 6.00. The molecule has 0 radical (unpaired) electrons. The molecule has 0 aromatic heterocycles. The fourth-order valence-electron chi connectivity index (χ4n) is 2.71. The summed E-state index contributed by atoms with van der Waals surface area (Å²) in [6, 6.07) is 6.21. The van der Waals surface area contributed by atoms with Gasteiger partial charge < -0.3 is 10.1 Å². The summed E-state index contributed by atoms with van der Waals surface area (Å²) in [6.07, 6.45) is 2.23. The number of rotatable bonds is 0. The van der Waals surface area contributed by atoms with Crippen LogP contribution in [-0.4, -0.2) is 19.8 Å². The summed E-state index contributed by atoms with van der Waals surface area (Å²) in [5.41, 5.74) is 2.82. The summed E-state index contributed by atoms with van der Waals surface area (Å²) in [5.74, 6) is 0. The average Bonchev–Trinajstić information content (AvgIpc) is 2.58. The lowest BCUT2D eigenvalue weighted by atomic mass is 9.92. The molecule has 3 rings (SSSR count). The van der Waals surface area contributed by atoms with Gasteiger partial charge in [-0.1, -0.05) is 17.7 Å². The summed E-state index contributed by atoms with van der Waals surface area (Å²) < 4.78 is 5.60. The van der Waals surface area contributed by atoms with Crippen molar-refractivity contribution in [3.63, 3.8) is 0 Å². The molecule has 2 aliphatic rings. The van der Waals surface area contributed by atoms with Crippen molar-refractivity contribution in [2.45, 2.75) is 18.4 Å². The molecule has 1 aliphatic heterocycles. The molecule has 3 heteroatoms. The second-order valence-electron chi connectivity index (χ2n) is 4.36. The molecular formula is C12H14ClNO. The van der Waals surface area contributed by atoms with Crippen molar-refractivity contribution in [2.24, 2.45) is 0 Å². The highest BCUT2D eigenvalue weighted by Gasteiger charge is 2.40. The van der Waals surface area contributed by atoms with Crippen LogP contribution >= 0.6 is 11.6 Å². The fraction of sp³-hybridized carbons (Fsp3) is 0.500. The van der Waals surface area contributed by atoms with E-state index in [0.717, 1.165) is 37.6 Å². The molecule has 0 bridgehead atoms. The summed E-state index contributed by atoms with van der Waals surface area (Å²) in [4.78, 5) is 0. The maximum Gasteiger partial charge on any atom is 0.0691 e. The highest BCUT2D eigenvalue weighted by Crippen LogP contribution is 2.39. The lowest BCUT2D eigenvalue weighted by Gasteiger charge is -2.35. The smallest absolute Gasteiger partial charge is 0.0691 e. The van der Waals surface area contributed by atoms with E-state index in [2.05, 4.69) is 17.4 Å². The molecule has 1 fully saturated rings. The van der Waals surface area contributed by atoms with E-state index in [1.54, 1.807) is 0 Å². The van der Waals surface area contributed by atoms with Crippen LogP contribution in [0.15, 0.2) is 18.2 Å². The Bertz CT molecular complexity index is 385. The monoisotopic (exact) mass is 223 g/mol. The second-order valence-corrected chi connectivity index (χ2v) is 4.80. The highest BCUT2D eigenvalue weighted by molar-refractivity contribution is 6.30. The van der Waals surface area contributed by atoms with Crippen LogP contribution in [0.2, 0.25) is 5.02 Å². The normalized spacial score (nSPS) is 29.4. The van der Waals surface area contributed by atoms with Crippen LogP contribution < -0.4 is 5.32 Å². The minimum absolute atomic E-state index is 0.0676. The molecule has 1 N–H and O–H groups in total. The Morgan fingerprint density at radius 2 is 2.33 bits per heavy atom. The zero-order valence-electron chi connectivity index (χ0n) is 8.55. The van der Waals surface area contributed by atoms with Crippen molar-refractivity contribution < 1.29 is 4.74 Å². The van der Waals surface area contributed by atoms with E-state index >= 15 is 0 Å². The number of hydrogen-bond donors (Lipinski definition) is 1. The molecule has 1 spiro atoms. The van der Waals surface area contributed by atoms with Gasteiger partial charge in [-0.25, -0.2) is 0 Å². The predicted octanol–water partition coefficient (Wildman–Crippen LogP) is 2.10. The maximum absolute atomic E-state index is 6.00. The largest absolute Gasteiger partial charge is 0.378 e. The Labute approximate surface area is 94.6 Å². The minimum atomic E-state index is 0.0676. The van der Waals surface area contributed by atoms with Crippen molar-refractivity contribution in [3.8, 4) is 0 Å². The first kappa shape index (κ1) is 9.64. The van der Waals surface area contributed by atoms with Gasteiger partial charge in [-0.05, 0) is 36.1 Å². The number of nitrogens with one attached hydrogen (secondary N) is 1. The van der Waals surface area contributed by atoms with Gasteiger partial charge in [-0.15, -0.1) is 0 Å². The van der Waals surface area contributed by atoms with Gasteiger partial charge in [0.05, 0.1) is 18.8 Å². The van der Waals surface area contributed by atoms with Crippen molar-refractivity contribution in [1.29, 1.82) is 0 Å². The number of ether oxygens (including phenoxy) is 1.